The van der Waals surface area contributed by atoms with Crippen LogP contribution in [-0.4, -0.2) is 70.7 Å². The predicted molar refractivity (Wildman–Crippen MR) is 173 cm³/mol. The van der Waals surface area contributed by atoms with Gasteiger partial charge in [0.2, 0.25) is 0 Å². The zero-order valence-corrected chi connectivity index (χ0v) is 26.2. The van der Waals surface area contributed by atoms with Gasteiger partial charge in [-0.3, -0.25) is 0 Å². The van der Waals surface area contributed by atoms with Crippen LogP contribution in [0.1, 0.15) is 35.8 Å². The summed E-state index contributed by atoms with van der Waals surface area (Å²) < 4.78 is 22.6. The molecule has 0 atom stereocenters. The monoisotopic (exact) mass is 597 g/mol. The summed E-state index contributed by atoms with van der Waals surface area (Å²) in [5.41, 5.74) is 4.62. The first-order valence-corrected chi connectivity index (χ1v) is 17.9. The molecule has 0 amide bonds. The number of hydrogen-bond donors (Lipinski definition) is 0. The third-order valence-corrected chi connectivity index (χ3v) is 10.3. The van der Waals surface area contributed by atoms with Gasteiger partial charge in [0.05, 0.1) is 26.4 Å². The van der Waals surface area contributed by atoms with E-state index in [9.17, 15) is 0 Å². The van der Waals surface area contributed by atoms with Gasteiger partial charge in [0.25, 0.3) is 0 Å². The Kier molecular flexibility index (Phi) is 19.3. The van der Waals surface area contributed by atoms with Crippen molar-refractivity contribution in [2.75, 3.05) is 75.6 Å². The van der Waals surface area contributed by atoms with Crippen molar-refractivity contribution >= 4 is 54.9 Å². The number of nitrogens with zero attached hydrogens (tertiary/aromatic N) is 1. The standard InChI is InChI=1S/C29H43NO4S4/c1-5-25-8-10-26(11-9-25)24-30(2)28-14-12-27(13-15-28)29(33-16-6-20-35-37-22-18-31-3)34-17-7-21-36-38-23-19-32-4/h5,8-15,29H,1,6-7,16-24H2,2-4H3. The average molecular weight is 598 g/mol. The highest BCUT2D eigenvalue weighted by Gasteiger charge is 2.14. The number of anilines is 1. The Labute approximate surface area is 246 Å². The zero-order valence-electron chi connectivity index (χ0n) is 23.0. The van der Waals surface area contributed by atoms with Crippen molar-refractivity contribution in [1.82, 2.24) is 0 Å². The molecule has 0 saturated heterocycles. The molecule has 2 aromatic rings. The van der Waals surface area contributed by atoms with E-state index in [-0.39, 0.29) is 6.29 Å². The normalized spacial score (nSPS) is 11.3. The van der Waals surface area contributed by atoms with E-state index < -0.39 is 0 Å². The summed E-state index contributed by atoms with van der Waals surface area (Å²) >= 11 is 0. The number of hydrogen-bond acceptors (Lipinski definition) is 9. The fraction of sp³-hybridized carbons (Fsp3) is 0.517. The lowest BCUT2D eigenvalue weighted by molar-refractivity contribution is -0.146. The second kappa shape index (κ2) is 22.0. The fourth-order valence-electron chi connectivity index (χ4n) is 3.34. The smallest absolute Gasteiger partial charge is 0.183 e. The first-order valence-electron chi connectivity index (χ1n) is 12.9. The van der Waals surface area contributed by atoms with Crippen LogP contribution >= 0.6 is 43.2 Å². The van der Waals surface area contributed by atoms with Gasteiger partial charge in [0, 0.05) is 62.1 Å². The van der Waals surface area contributed by atoms with Gasteiger partial charge in [0.1, 0.15) is 0 Å². The molecule has 0 fully saturated rings. The topological polar surface area (TPSA) is 40.2 Å². The molecular weight excluding hydrogens is 555 g/mol. The molecule has 0 bridgehead atoms. The lowest BCUT2D eigenvalue weighted by Gasteiger charge is -2.22. The number of methoxy groups -OCH3 is 2. The van der Waals surface area contributed by atoms with Gasteiger partial charge in [0.15, 0.2) is 6.29 Å². The van der Waals surface area contributed by atoms with Crippen molar-refractivity contribution in [2.24, 2.45) is 0 Å². The van der Waals surface area contributed by atoms with Crippen molar-refractivity contribution < 1.29 is 18.9 Å². The van der Waals surface area contributed by atoms with E-state index in [1.165, 1.54) is 5.56 Å². The maximum Gasteiger partial charge on any atom is 0.183 e. The average Bonchev–Trinajstić information content (AvgIpc) is 2.95. The van der Waals surface area contributed by atoms with E-state index in [2.05, 4.69) is 67.1 Å². The molecule has 0 radical (unpaired) electrons. The van der Waals surface area contributed by atoms with Crippen molar-refractivity contribution in [3.63, 3.8) is 0 Å². The van der Waals surface area contributed by atoms with Gasteiger partial charge in [-0.25, -0.2) is 0 Å². The van der Waals surface area contributed by atoms with Crippen LogP contribution < -0.4 is 4.90 Å². The molecule has 2 aromatic carbocycles. The first kappa shape index (κ1) is 33.4. The zero-order chi connectivity index (χ0) is 27.3. The highest BCUT2D eigenvalue weighted by atomic mass is 33.1. The summed E-state index contributed by atoms with van der Waals surface area (Å²) in [4.78, 5) is 2.25. The molecule has 9 heteroatoms. The van der Waals surface area contributed by atoms with Gasteiger partial charge in [-0.05, 0) is 36.1 Å². The van der Waals surface area contributed by atoms with Crippen molar-refractivity contribution in [2.45, 2.75) is 25.7 Å². The molecule has 0 N–H and O–H groups in total. The van der Waals surface area contributed by atoms with Crippen molar-refractivity contribution in [1.29, 1.82) is 0 Å². The largest absolute Gasteiger partial charge is 0.384 e. The summed E-state index contributed by atoms with van der Waals surface area (Å²) in [6.45, 7) is 7.60. The molecule has 0 heterocycles. The second-order valence-electron chi connectivity index (χ2n) is 8.45. The van der Waals surface area contributed by atoms with Gasteiger partial charge >= 0.3 is 0 Å². The Balaban J connectivity index is 1.85. The van der Waals surface area contributed by atoms with E-state index in [1.807, 2.05) is 49.3 Å². The first-order chi connectivity index (χ1) is 18.7. The minimum Gasteiger partial charge on any atom is -0.384 e. The van der Waals surface area contributed by atoms with Gasteiger partial charge < -0.3 is 23.8 Å². The lowest BCUT2D eigenvalue weighted by atomic mass is 10.1. The number of rotatable bonds is 23. The molecule has 38 heavy (non-hydrogen) atoms. The fourth-order valence-corrected chi connectivity index (χ4v) is 7.28. The molecule has 0 spiro atoms. The molecule has 0 aromatic heterocycles. The van der Waals surface area contributed by atoms with Gasteiger partial charge in [-0.1, -0.05) is 92.2 Å². The van der Waals surface area contributed by atoms with Gasteiger partial charge in [-0.15, -0.1) is 0 Å². The maximum atomic E-state index is 6.21. The van der Waals surface area contributed by atoms with E-state index in [4.69, 9.17) is 18.9 Å². The number of ether oxygens (including phenoxy) is 4. The molecular formula is C29H43NO4S4. The van der Waals surface area contributed by atoms with Gasteiger partial charge in [-0.2, -0.15) is 0 Å². The van der Waals surface area contributed by atoms with E-state index in [0.717, 1.165) is 72.4 Å². The SMILES string of the molecule is C=Cc1ccc(CN(C)c2ccc(C(OCCCSSCCOC)OCCCSSCCOC)cc2)cc1. The minimum absolute atomic E-state index is 0.349. The summed E-state index contributed by atoms with van der Waals surface area (Å²) in [7, 11) is 13.0. The third-order valence-electron chi connectivity index (χ3n) is 5.43. The van der Waals surface area contributed by atoms with E-state index in [1.54, 1.807) is 14.2 Å². The molecule has 0 aliphatic heterocycles. The van der Waals surface area contributed by atoms with Crippen molar-refractivity contribution in [3.8, 4) is 0 Å². The molecule has 212 valence electrons. The number of benzene rings is 2. The third kappa shape index (κ3) is 14.6. The summed E-state index contributed by atoms with van der Waals surface area (Å²) in [6.07, 6.45) is 3.50. The summed E-state index contributed by atoms with van der Waals surface area (Å²) in [5.74, 6) is 4.12. The Morgan fingerprint density at radius 2 is 1.26 bits per heavy atom. The highest BCUT2D eigenvalue weighted by Crippen LogP contribution is 2.26. The van der Waals surface area contributed by atoms with Crippen LogP contribution in [0.3, 0.4) is 0 Å². The maximum absolute atomic E-state index is 6.21. The molecule has 5 nitrogen and oxygen atoms in total. The molecule has 0 unspecified atom stereocenters. The van der Waals surface area contributed by atoms with E-state index in [0.29, 0.717) is 13.2 Å². The quantitative estimate of drug-likeness (QED) is 0.0724. The second-order valence-corrected chi connectivity index (χ2v) is 13.9. The molecule has 0 aliphatic rings. The van der Waals surface area contributed by atoms with Crippen LogP contribution in [-0.2, 0) is 25.5 Å². The predicted octanol–water partition coefficient (Wildman–Crippen LogP) is 7.83. The Morgan fingerprint density at radius 1 is 0.737 bits per heavy atom. The molecule has 0 saturated carbocycles. The molecule has 0 aliphatic carbocycles. The van der Waals surface area contributed by atoms with Crippen LogP contribution in [0.4, 0.5) is 5.69 Å². The summed E-state index contributed by atoms with van der Waals surface area (Å²) in [5, 5.41) is 0. The van der Waals surface area contributed by atoms with Crippen LogP contribution in [0.15, 0.2) is 55.1 Å². The Bertz CT molecular complexity index is 835. The van der Waals surface area contributed by atoms with Crippen LogP contribution in [0.25, 0.3) is 6.08 Å². The highest BCUT2D eigenvalue weighted by molar-refractivity contribution is 8.77. The van der Waals surface area contributed by atoms with E-state index >= 15 is 0 Å². The van der Waals surface area contributed by atoms with Crippen LogP contribution in [0.2, 0.25) is 0 Å². The van der Waals surface area contributed by atoms with Crippen molar-refractivity contribution in [3.05, 3.63) is 71.8 Å². The van der Waals surface area contributed by atoms with Crippen LogP contribution in [0.5, 0.6) is 0 Å². The summed E-state index contributed by atoms with van der Waals surface area (Å²) in [6, 6.07) is 17.1. The minimum atomic E-state index is -0.349. The Hall–Kier alpha value is -0.780. The molecule has 2 rings (SSSR count). The lowest BCUT2D eigenvalue weighted by Crippen LogP contribution is -2.17. The Morgan fingerprint density at radius 3 is 1.76 bits per heavy atom. The van der Waals surface area contributed by atoms with Crippen LogP contribution in [0, 0.1) is 0 Å².